The number of hydrogen-bond donors (Lipinski definition) is 2. The Morgan fingerprint density at radius 1 is 0.786 bits per heavy atom. The van der Waals surface area contributed by atoms with Gasteiger partial charge in [0, 0.05) is 16.1 Å². The van der Waals surface area contributed by atoms with Crippen molar-refractivity contribution in [3.05, 3.63) is 137 Å². The fourth-order valence-electron chi connectivity index (χ4n) is 4.41. The van der Waals surface area contributed by atoms with Crippen LogP contribution in [-0.2, 0) is 4.79 Å². The maximum Gasteiger partial charge on any atom is 0.272 e. The van der Waals surface area contributed by atoms with Crippen LogP contribution in [0.15, 0.2) is 114 Å². The summed E-state index contributed by atoms with van der Waals surface area (Å²) >= 11 is 1.34. The zero-order chi connectivity index (χ0) is 29.6. The minimum absolute atomic E-state index is 0.102. The predicted molar refractivity (Wildman–Crippen MR) is 165 cm³/mol. The number of anilines is 1. The SMILES string of the molecule is CC(C)c1ccc(/C=C(\NC(=O)c2ccccc2)C(=O)Nc2ccc(SCN3C(=O)c4ccccc4C3=O)cc2)cc1. The Morgan fingerprint density at radius 3 is 1.98 bits per heavy atom. The highest BCUT2D eigenvalue weighted by atomic mass is 32.2. The molecule has 0 atom stereocenters. The molecule has 42 heavy (non-hydrogen) atoms. The number of benzene rings is 4. The summed E-state index contributed by atoms with van der Waals surface area (Å²) in [5, 5.41) is 5.60. The van der Waals surface area contributed by atoms with Crippen LogP contribution >= 0.6 is 11.8 Å². The second-order valence-electron chi connectivity index (χ2n) is 10.0. The number of thioether (sulfide) groups is 1. The third kappa shape index (κ3) is 6.50. The lowest BCUT2D eigenvalue weighted by molar-refractivity contribution is -0.113. The molecule has 5 rings (SSSR count). The van der Waals surface area contributed by atoms with E-state index in [9.17, 15) is 19.2 Å². The standard InChI is InChI=1S/C34H29N3O4S/c1-22(2)24-14-12-23(13-15-24)20-30(36-31(38)25-8-4-3-5-9-25)32(39)35-26-16-18-27(19-17-26)42-21-37-33(40)28-10-6-7-11-29(28)34(37)41/h3-20,22H,21H2,1-2H3,(H,35,39)(H,36,38)/b30-20-. The smallest absolute Gasteiger partial charge is 0.272 e. The molecule has 2 N–H and O–H groups in total. The Hall–Kier alpha value is -4.95. The van der Waals surface area contributed by atoms with Gasteiger partial charge in [-0.15, -0.1) is 11.8 Å². The molecule has 4 aromatic rings. The normalized spacial score (nSPS) is 12.8. The number of carbonyl (C=O) groups excluding carboxylic acids is 4. The number of nitrogens with zero attached hydrogens (tertiary/aromatic N) is 1. The highest BCUT2D eigenvalue weighted by Gasteiger charge is 2.34. The van der Waals surface area contributed by atoms with Gasteiger partial charge >= 0.3 is 0 Å². The number of rotatable bonds is 9. The first-order valence-corrected chi connectivity index (χ1v) is 14.5. The molecular formula is C34H29N3O4S. The summed E-state index contributed by atoms with van der Waals surface area (Å²) in [6.07, 6.45) is 1.65. The third-order valence-corrected chi connectivity index (χ3v) is 7.79. The number of fused-ring (bicyclic) bond motifs is 1. The van der Waals surface area contributed by atoms with Crippen molar-refractivity contribution in [2.24, 2.45) is 0 Å². The van der Waals surface area contributed by atoms with Gasteiger partial charge < -0.3 is 10.6 Å². The van der Waals surface area contributed by atoms with Crippen molar-refractivity contribution in [2.75, 3.05) is 11.2 Å². The van der Waals surface area contributed by atoms with Gasteiger partial charge in [-0.1, -0.05) is 68.4 Å². The van der Waals surface area contributed by atoms with E-state index < -0.39 is 11.8 Å². The summed E-state index contributed by atoms with van der Waals surface area (Å²) in [6.45, 7) is 4.22. The van der Waals surface area contributed by atoms with E-state index in [1.807, 2.05) is 30.3 Å². The van der Waals surface area contributed by atoms with E-state index in [4.69, 9.17) is 0 Å². The molecule has 210 valence electrons. The summed E-state index contributed by atoms with van der Waals surface area (Å²) in [4.78, 5) is 53.5. The molecule has 0 fully saturated rings. The Labute approximate surface area is 248 Å². The zero-order valence-corrected chi connectivity index (χ0v) is 24.0. The van der Waals surface area contributed by atoms with Crippen molar-refractivity contribution in [2.45, 2.75) is 24.7 Å². The fourth-order valence-corrected chi connectivity index (χ4v) is 5.26. The molecule has 1 aliphatic rings. The Morgan fingerprint density at radius 2 is 1.38 bits per heavy atom. The van der Waals surface area contributed by atoms with Crippen LogP contribution in [-0.4, -0.2) is 34.4 Å². The van der Waals surface area contributed by atoms with Crippen LogP contribution in [0.4, 0.5) is 5.69 Å². The van der Waals surface area contributed by atoms with E-state index in [1.54, 1.807) is 78.9 Å². The number of hydrogen-bond acceptors (Lipinski definition) is 5. The van der Waals surface area contributed by atoms with Crippen molar-refractivity contribution in [1.82, 2.24) is 10.2 Å². The molecule has 0 radical (unpaired) electrons. The van der Waals surface area contributed by atoms with Crippen LogP contribution in [0.25, 0.3) is 6.08 Å². The van der Waals surface area contributed by atoms with Gasteiger partial charge in [0.25, 0.3) is 23.6 Å². The van der Waals surface area contributed by atoms with Crippen molar-refractivity contribution < 1.29 is 19.2 Å². The third-order valence-electron chi connectivity index (χ3n) is 6.79. The van der Waals surface area contributed by atoms with E-state index >= 15 is 0 Å². The van der Waals surface area contributed by atoms with Gasteiger partial charge in [-0.3, -0.25) is 24.1 Å². The predicted octanol–water partition coefficient (Wildman–Crippen LogP) is 6.57. The zero-order valence-electron chi connectivity index (χ0n) is 23.2. The molecular weight excluding hydrogens is 546 g/mol. The number of amides is 4. The molecule has 0 spiro atoms. The monoisotopic (exact) mass is 575 g/mol. The first-order chi connectivity index (χ1) is 20.3. The van der Waals surface area contributed by atoms with Crippen LogP contribution < -0.4 is 10.6 Å². The van der Waals surface area contributed by atoms with Crippen LogP contribution in [0, 0.1) is 0 Å². The molecule has 0 aliphatic carbocycles. The number of nitrogens with one attached hydrogen (secondary N) is 2. The van der Waals surface area contributed by atoms with Crippen LogP contribution in [0.5, 0.6) is 0 Å². The van der Waals surface area contributed by atoms with Crippen molar-refractivity contribution in [1.29, 1.82) is 0 Å². The van der Waals surface area contributed by atoms with Gasteiger partial charge in [0.2, 0.25) is 0 Å². The molecule has 4 amide bonds. The maximum absolute atomic E-state index is 13.3. The molecule has 8 heteroatoms. The number of carbonyl (C=O) groups is 4. The van der Waals surface area contributed by atoms with Gasteiger partial charge in [0.1, 0.15) is 5.70 Å². The Kier molecular flexibility index (Phi) is 8.64. The summed E-state index contributed by atoms with van der Waals surface area (Å²) in [7, 11) is 0. The lowest BCUT2D eigenvalue weighted by Gasteiger charge is -2.14. The molecule has 0 saturated carbocycles. The molecule has 4 aromatic carbocycles. The van der Waals surface area contributed by atoms with Crippen LogP contribution in [0.1, 0.15) is 62.0 Å². The van der Waals surface area contributed by atoms with Crippen LogP contribution in [0.3, 0.4) is 0 Å². The van der Waals surface area contributed by atoms with Crippen LogP contribution in [0.2, 0.25) is 0 Å². The van der Waals surface area contributed by atoms with Crippen molar-refractivity contribution in [3.63, 3.8) is 0 Å². The largest absolute Gasteiger partial charge is 0.321 e. The van der Waals surface area contributed by atoms with E-state index in [1.165, 1.54) is 22.2 Å². The first-order valence-electron chi connectivity index (χ1n) is 13.5. The Balaban J connectivity index is 1.27. The van der Waals surface area contributed by atoms with E-state index in [2.05, 4.69) is 24.5 Å². The highest BCUT2D eigenvalue weighted by Crippen LogP contribution is 2.28. The molecule has 0 aromatic heterocycles. The second kappa shape index (κ2) is 12.7. The van der Waals surface area contributed by atoms with Gasteiger partial charge in [0.05, 0.1) is 17.0 Å². The summed E-state index contributed by atoms with van der Waals surface area (Å²) in [6, 6.07) is 30.4. The average Bonchev–Trinajstić information content (AvgIpc) is 3.25. The lowest BCUT2D eigenvalue weighted by Crippen LogP contribution is -2.30. The fraction of sp³-hybridized carbons (Fsp3) is 0.118. The molecule has 1 heterocycles. The van der Waals surface area contributed by atoms with E-state index in [-0.39, 0.29) is 23.4 Å². The van der Waals surface area contributed by atoms with Gasteiger partial charge in [-0.25, -0.2) is 0 Å². The van der Waals surface area contributed by atoms with E-state index in [0.29, 0.717) is 28.3 Å². The molecule has 7 nitrogen and oxygen atoms in total. The summed E-state index contributed by atoms with van der Waals surface area (Å²) in [5.41, 5.74) is 3.85. The van der Waals surface area contributed by atoms with Gasteiger partial charge in [0.15, 0.2) is 0 Å². The molecule has 0 unspecified atom stereocenters. The topological polar surface area (TPSA) is 95.6 Å². The lowest BCUT2D eigenvalue weighted by atomic mass is 10.0. The van der Waals surface area contributed by atoms with Gasteiger partial charge in [-0.05, 0) is 71.7 Å². The molecule has 0 saturated heterocycles. The Bertz CT molecular complexity index is 1630. The first kappa shape index (κ1) is 28.6. The quantitative estimate of drug-likeness (QED) is 0.134. The van der Waals surface area contributed by atoms with Crippen molar-refractivity contribution in [3.8, 4) is 0 Å². The minimum atomic E-state index is -0.473. The summed E-state index contributed by atoms with van der Waals surface area (Å²) < 4.78 is 0. The maximum atomic E-state index is 13.3. The molecule has 1 aliphatic heterocycles. The van der Waals surface area contributed by atoms with E-state index in [0.717, 1.165) is 10.5 Å². The average molecular weight is 576 g/mol. The van der Waals surface area contributed by atoms with Crippen molar-refractivity contribution >= 4 is 47.2 Å². The number of imide groups is 1. The van der Waals surface area contributed by atoms with Gasteiger partial charge in [-0.2, -0.15) is 0 Å². The highest BCUT2D eigenvalue weighted by molar-refractivity contribution is 7.99. The second-order valence-corrected chi connectivity index (χ2v) is 11.1. The molecule has 0 bridgehead atoms. The summed E-state index contributed by atoms with van der Waals surface area (Å²) in [5.74, 6) is -0.927. The minimum Gasteiger partial charge on any atom is -0.321 e.